The second-order valence-corrected chi connectivity index (χ2v) is 7.16. The Hall–Kier alpha value is -2.89. The molecule has 0 spiro atoms. The Morgan fingerprint density at radius 2 is 2.00 bits per heavy atom. The van der Waals surface area contributed by atoms with Crippen molar-refractivity contribution in [3.63, 3.8) is 0 Å². The number of anilines is 1. The number of pyridine rings is 1. The van der Waals surface area contributed by atoms with Crippen LogP contribution in [0.1, 0.15) is 31.2 Å². The van der Waals surface area contributed by atoms with Crippen molar-refractivity contribution in [2.75, 3.05) is 19.0 Å². The zero-order valence-corrected chi connectivity index (χ0v) is 15.4. The lowest BCUT2D eigenvalue weighted by Gasteiger charge is -2.61. The summed E-state index contributed by atoms with van der Waals surface area (Å²) < 4.78 is 5.15. The van der Waals surface area contributed by atoms with Crippen LogP contribution in [0, 0.1) is 5.92 Å². The summed E-state index contributed by atoms with van der Waals surface area (Å²) in [6, 6.07) is 13.5. The third kappa shape index (κ3) is 2.85. The summed E-state index contributed by atoms with van der Waals surface area (Å²) in [6.45, 7) is 0.630. The molecule has 1 saturated carbocycles. The minimum absolute atomic E-state index is 0.288. The van der Waals surface area contributed by atoms with Crippen molar-refractivity contribution in [1.29, 1.82) is 0 Å². The number of amides is 2. The van der Waals surface area contributed by atoms with Crippen LogP contribution in [0.5, 0.6) is 5.88 Å². The molecule has 2 aliphatic rings. The minimum atomic E-state index is -0.652. The highest BCUT2D eigenvalue weighted by molar-refractivity contribution is 6.40. The van der Waals surface area contributed by atoms with Gasteiger partial charge in [-0.25, -0.2) is 4.98 Å². The van der Waals surface area contributed by atoms with E-state index < -0.39 is 11.8 Å². The van der Waals surface area contributed by atoms with Crippen LogP contribution < -0.4 is 10.1 Å². The van der Waals surface area contributed by atoms with Crippen molar-refractivity contribution < 1.29 is 14.3 Å². The number of nitrogens with one attached hydrogen (secondary N) is 1. The van der Waals surface area contributed by atoms with Crippen molar-refractivity contribution in [3.05, 3.63) is 54.2 Å². The maximum Gasteiger partial charge on any atom is 0.314 e. The maximum atomic E-state index is 13.0. The molecule has 1 aromatic carbocycles. The largest absolute Gasteiger partial charge is 0.480 e. The van der Waals surface area contributed by atoms with Gasteiger partial charge in [0.1, 0.15) is 5.69 Å². The molecule has 6 nitrogen and oxygen atoms in total. The van der Waals surface area contributed by atoms with Gasteiger partial charge in [0, 0.05) is 18.7 Å². The molecule has 2 fully saturated rings. The lowest BCUT2D eigenvalue weighted by Crippen LogP contribution is -2.69. The van der Waals surface area contributed by atoms with E-state index in [1.54, 1.807) is 23.2 Å². The molecule has 6 heteroatoms. The Morgan fingerprint density at radius 1 is 1.19 bits per heavy atom. The SMILES string of the molecule is COc1ncccc1NC(=O)C(=O)N1C[C@@H]2CCCC[C@]21c1ccccc1. The van der Waals surface area contributed by atoms with E-state index in [0.29, 0.717) is 18.2 Å². The summed E-state index contributed by atoms with van der Waals surface area (Å²) in [5.41, 5.74) is 1.17. The Morgan fingerprint density at radius 3 is 2.74 bits per heavy atom. The number of rotatable bonds is 3. The average molecular weight is 365 g/mol. The fourth-order valence-corrected chi connectivity index (χ4v) is 4.57. The topological polar surface area (TPSA) is 71.5 Å². The molecule has 0 bridgehead atoms. The Labute approximate surface area is 158 Å². The number of carbonyl (C=O) groups excluding carboxylic acids is 2. The molecule has 1 aliphatic heterocycles. The van der Waals surface area contributed by atoms with Crippen LogP contribution in [0.15, 0.2) is 48.7 Å². The van der Waals surface area contributed by atoms with E-state index in [0.717, 1.165) is 24.8 Å². The molecule has 2 amide bonds. The van der Waals surface area contributed by atoms with E-state index in [2.05, 4.69) is 22.4 Å². The highest BCUT2D eigenvalue weighted by Crippen LogP contribution is 2.53. The Kier molecular flexibility index (Phi) is 4.56. The number of carbonyl (C=O) groups is 2. The van der Waals surface area contributed by atoms with Gasteiger partial charge in [-0.15, -0.1) is 0 Å². The van der Waals surface area contributed by atoms with E-state index in [4.69, 9.17) is 4.74 Å². The molecule has 1 aromatic heterocycles. The van der Waals surface area contributed by atoms with Crippen LogP contribution in [0.2, 0.25) is 0 Å². The molecule has 2 heterocycles. The first-order chi connectivity index (χ1) is 13.2. The molecule has 2 aromatic rings. The lowest BCUT2D eigenvalue weighted by molar-refractivity contribution is -0.170. The van der Waals surface area contributed by atoms with Gasteiger partial charge in [-0.1, -0.05) is 43.2 Å². The van der Waals surface area contributed by atoms with Gasteiger partial charge in [-0.2, -0.15) is 0 Å². The molecule has 2 atom stereocenters. The number of fused-ring (bicyclic) bond motifs is 1. The smallest absolute Gasteiger partial charge is 0.314 e. The van der Waals surface area contributed by atoms with Crippen molar-refractivity contribution in [3.8, 4) is 5.88 Å². The predicted octanol–water partition coefficient (Wildman–Crippen LogP) is 2.96. The number of hydrogen-bond donors (Lipinski definition) is 1. The Bertz CT molecular complexity index is 855. The second kappa shape index (κ2) is 7.02. The first-order valence-electron chi connectivity index (χ1n) is 9.34. The molecular weight excluding hydrogens is 342 g/mol. The van der Waals surface area contributed by atoms with Crippen molar-refractivity contribution in [1.82, 2.24) is 9.88 Å². The number of methoxy groups -OCH3 is 1. The van der Waals surface area contributed by atoms with Gasteiger partial charge in [0.05, 0.1) is 12.6 Å². The molecule has 4 rings (SSSR count). The molecule has 1 saturated heterocycles. The standard InChI is InChI=1S/C21H23N3O3/c1-27-19-17(11-7-13-22-19)23-18(25)20(26)24-14-16-10-5-6-12-21(16,24)15-8-3-2-4-9-15/h2-4,7-9,11,13,16H,5-6,10,12,14H2,1H3,(H,23,25)/t16-,21-/m0/s1. The first-order valence-corrected chi connectivity index (χ1v) is 9.34. The molecular formula is C21H23N3O3. The monoisotopic (exact) mass is 365 g/mol. The number of benzene rings is 1. The van der Waals surface area contributed by atoms with Crippen molar-refractivity contribution in [2.45, 2.75) is 31.2 Å². The van der Waals surface area contributed by atoms with Crippen LogP contribution in [0.4, 0.5) is 5.69 Å². The van der Waals surface area contributed by atoms with Gasteiger partial charge in [0.2, 0.25) is 5.88 Å². The van der Waals surface area contributed by atoms with E-state index in [9.17, 15) is 9.59 Å². The molecule has 140 valence electrons. The van der Waals surface area contributed by atoms with Crippen LogP contribution in [-0.4, -0.2) is 35.4 Å². The quantitative estimate of drug-likeness (QED) is 0.849. The van der Waals surface area contributed by atoms with Crippen LogP contribution in [0.25, 0.3) is 0 Å². The van der Waals surface area contributed by atoms with E-state index >= 15 is 0 Å². The maximum absolute atomic E-state index is 13.0. The van der Waals surface area contributed by atoms with Crippen LogP contribution in [-0.2, 0) is 15.1 Å². The summed E-state index contributed by atoms with van der Waals surface area (Å²) in [4.78, 5) is 31.5. The first kappa shape index (κ1) is 17.5. The lowest BCUT2D eigenvalue weighted by atomic mass is 9.61. The van der Waals surface area contributed by atoms with Gasteiger partial charge in [0.15, 0.2) is 0 Å². The summed E-state index contributed by atoms with van der Waals surface area (Å²) in [5.74, 6) is -0.447. The number of likely N-dealkylation sites (tertiary alicyclic amines) is 1. The number of hydrogen-bond acceptors (Lipinski definition) is 4. The number of nitrogens with zero attached hydrogens (tertiary/aromatic N) is 2. The second-order valence-electron chi connectivity index (χ2n) is 7.16. The van der Waals surface area contributed by atoms with Crippen molar-refractivity contribution >= 4 is 17.5 Å². The van der Waals surface area contributed by atoms with E-state index in [1.807, 2.05) is 18.2 Å². The van der Waals surface area contributed by atoms with Gasteiger partial charge in [0.25, 0.3) is 0 Å². The predicted molar refractivity (Wildman–Crippen MR) is 101 cm³/mol. The van der Waals surface area contributed by atoms with Crippen LogP contribution in [0.3, 0.4) is 0 Å². The average Bonchev–Trinajstić information content (AvgIpc) is 2.70. The third-order valence-corrected chi connectivity index (χ3v) is 5.85. The fraction of sp³-hybridized carbons (Fsp3) is 0.381. The zero-order chi connectivity index (χ0) is 18.9. The summed E-state index contributed by atoms with van der Waals surface area (Å²) in [6.07, 6.45) is 5.81. The highest BCUT2D eigenvalue weighted by Gasteiger charge is 2.57. The van der Waals surface area contributed by atoms with Crippen molar-refractivity contribution in [2.24, 2.45) is 5.92 Å². The molecule has 0 radical (unpaired) electrons. The number of aromatic nitrogens is 1. The van der Waals surface area contributed by atoms with Gasteiger partial charge in [-0.05, 0) is 30.5 Å². The number of ether oxygens (including phenoxy) is 1. The highest BCUT2D eigenvalue weighted by atomic mass is 16.5. The van der Waals surface area contributed by atoms with Crippen LogP contribution >= 0.6 is 0 Å². The van der Waals surface area contributed by atoms with E-state index in [1.165, 1.54) is 13.5 Å². The fourth-order valence-electron chi connectivity index (χ4n) is 4.57. The summed E-state index contributed by atoms with van der Waals surface area (Å²) in [7, 11) is 1.48. The van der Waals surface area contributed by atoms with Gasteiger partial charge < -0.3 is 15.0 Å². The van der Waals surface area contributed by atoms with Gasteiger partial charge >= 0.3 is 11.8 Å². The third-order valence-electron chi connectivity index (χ3n) is 5.85. The Balaban J connectivity index is 1.58. The summed E-state index contributed by atoms with van der Waals surface area (Å²) >= 11 is 0. The molecule has 1 aliphatic carbocycles. The zero-order valence-electron chi connectivity index (χ0n) is 15.4. The molecule has 27 heavy (non-hydrogen) atoms. The van der Waals surface area contributed by atoms with E-state index in [-0.39, 0.29) is 11.4 Å². The normalized spacial score (nSPS) is 23.7. The summed E-state index contributed by atoms with van der Waals surface area (Å²) in [5, 5.41) is 2.66. The van der Waals surface area contributed by atoms with Gasteiger partial charge in [-0.3, -0.25) is 9.59 Å². The minimum Gasteiger partial charge on any atom is -0.480 e. The molecule has 0 unspecified atom stereocenters. The molecule has 1 N–H and O–H groups in total.